The van der Waals surface area contributed by atoms with Gasteiger partial charge in [0.15, 0.2) is 0 Å². The molecule has 0 fully saturated rings. The number of carboxylic acid groups (broad SMARTS) is 1. The molecule has 1 aromatic carbocycles. The Kier molecular flexibility index (Phi) is 2.35. The number of hydrogen-bond acceptors (Lipinski definition) is 3. The standard InChI is InChI=1S/C14H10N2O3/c1-8-2-3-11-10(6-8)13(17)16-5-4-9(14(18)19)7-12(16)15-11/h2-7H,1H3,(H,18,19). The molecule has 5 heteroatoms. The van der Waals surface area contributed by atoms with Crippen LogP contribution in [0.4, 0.5) is 0 Å². The third-order valence-electron chi connectivity index (χ3n) is 3.02. The van der Waals surface area contributed by atoms with Crippen molar-refractivity contribution in [1.29, 1.82) is 0 Å². The highest BCUT2D eigenvalue weighted by Gasteiger charge is 2.08. The van der Waals surface area contributed by atoms with Crippen LogP contribution in [0.3, 0.4) is 0 Å². The zero-order valence-corrected chi connectivity index (χ0v) is 10.1. The molecular formula is C14H10N2O3. The van der Waals surface area contributed by atoms with Gasteiger partial charge in [-0.25, -0.2) is 9.78 Å². The van der Waals surface area contributed by atoms with Crippen LogP contribution in [0, 0.1) is 6.92 Å². The molecule has 0 bridgehead atoms. The quantitative estimate of drug-likeness (QED) is 0.673. The van der Waals surface area contributed by atoms with E-state index in [1.807, 2.05) is 13.0 Å². The van der Waals surface area contributed by atoms with E-state index in [4.69, 9.17) is 5.11 Å². The summed E-state index contributed by atoms with van der Waals surface area (Å²) in [5.41, 5.74) is 1.80. The molecule has 0 atom stereocenters. The normalized spacial score (nSPS) is 11.0. The number of rotatable bonds is 1. The molecule has 0 aliphatic heterocycles. The fraction of sp³-hybridized carbons (Fsp3) is 0.0714. The van der Waals surface area contributed by atoms with E-state index in [1.54, 1.807) is 12.1 Å². The van der Waals surface area contributed by atoms with E-state index in [2.05, 4.69) is 4.98 Å². The van der Waals surface area contributed by atoms with Gasteiger partial charge in [0.05, 0.1) is 16.5 Å². The molecule has 0 aliphatic rings. The topological polar surface area (TPSA) is 71.7 Å². The highest BCUT2D eigenvalue weighted by atomic mass is 16.4. The lowest BCUT2D eigenvalue weighted by Crippen LogP contribution is -2.16. The van der Waals surface area contributed by atoms with Gasteiger partial charge in [-0.1, -0.05) is 11.6 Å². The third-order valence-corrected chi connectivity index (χ3v) is 3.02. The van der Waals surface area contributed by atoms with Crippen LogP contribution in [0.5, 0.6) is 0 Å². The van der Waals surface area contributed by atoms with Crippen LogP contribution in [0.1, 0.15) is 15.9 Å². The van der Waals surface area contributed by atoms with E-state index in [0.29, 0.717) is 16.6 Å². The highest BCUT2D eigenvalue weighted by molar-refractivity contribution is 5.89. The van der Waals surface area contributed by atoms with Crippen LogP contribution in [0.2, 0.25) is 0 Å². The Bertz CT molecular complexity index is 881. The summed E-state index contributed by atoms with van der Waals surface area (Å²) in [6.07, 6.45) is 1.44. The lowest BCUT2D eigenvalue weighted by molar-refractivity contribution is 0.0697. The minimum Gasteiger partial charge on any atom is -0.478 e. The van der Waals surface area contributed by atoms with Crippen molar-refractivity contribution in [3.63, 3.8) is 0 Å². The lowest BCUT2D eigenvalue weighted by Gasteiger charge is -2.04. The molecule has 2 aromatic heterocycles. The average molecular weight is 254 g/mol. The monoisotopic (exact) mass is 254 g/mol. The predicted molar refractivity (Wildman–Crippen MR) is 70.7 cm³/mol. The molecular weight excluding hydrogens is 244 g/mol. The van der Waals surface area contributed by atoms with Crippen molar-refractivity contribution in [2.75, 3.05) is 0 Å². The fourth-order valence-corrected chi connectivity index (χ4v) is 2.05. The van der Waals surface area contributed by atoms with Gasteiger partial charge in [-0.2, -0.15) is 0 Å². The number of benzene rings is 1. The molecule has 5 nitrogen and oxygen atoms in total. The van der Waals surface area contributed by atoms with E-state index >= 15 is 0 Å². The Hall–Kier alpha value is -2.69. The molecule has 0 saturated carbocycles. The van der Waals surface area contributed by atoms with Gasteiger partial charge in [-0.15, -0.1) is 0 Å². The molecule has 0 spiro atoms. The number of fused-ring (bicyclic) bond motifs is 2. The second-order valence-electron chi connectivity index (χ2n) is 4.39. The van der Waals surface area contributed by atoms with Crippen LogP contribution in [-0.4, -0.2) is 20.5 Å². The molecule has 0 aliphatic carbocycles. The molecule has 0 unspecified atom stereocenters. The first-order valence-electron chi connectivity index (χ1n) is 5.72. The minimum atomic E-state index is -1.04. The summed E-state index contributed by atoms with van der Waals surface area (Å²) in [7, 11) is 0. The van der Waals surface area contributed by atoms with Gasteiger partial charge < -0.3 is 5.11 Å². The second kappa shape index (κ2) is 3.91. The van der Waals surface area contributed by atoms with E-state index in [1.165, 1.54) is 22.7 Å². The Morgan fingerprint density at radius 3 is 2.79 bits per heavy atom. The molecule has 3 aromatic rings. The SMILES string of the molecule is Cc1ccc2nc3cc(C(=O)O)ccn3c(=O)c2c1. The smallest absolute Gasteiger partial charge is 0.335 e. The first-order chi connectivity index (χ1) is 9.06. The number of aromatic carboxylic acids is 1. The van der Waals surface area contributed by atoms with Crippen molar-refractivity contribution in [1.82, 2.24) is 9.38 Å². The van der Waals surface area contributed by atoms with Gasteiger partial charge in [-0.3, -0.25) is 9.20 Å². The van der Waals surface area contributed by atoms with E-state index in [0.717, 1.165) is 5.56 Å². The molecule has 0 saturated heterocycles. The number of hydrogen-bond donors (Lipinski definition) is 1. The Morgan fingerprint density at radius 2 is 2.05 bits per heavy atom. The van der Waals surface area contributed by atoms with E-state index in [-0.39, 0.29) is 11.1 Å². The van der Waals surface area contributed by atoms with E-state index in [9.17, 15) is 9.59 Å². The maximum absolute atomic E-state index is 12.3. The van der Waals surface area contributed by atoms with Crippen molar-refractivity contribution in [2.45, 2.75) is 6.92 Å². The van der Waals surface area contributed by atoms with Crippen molar-refractivity contribution >= 4 is 22.5 Å². The van der Waals surface area contributed by atoms with Crippen LogP contribution in [0.25, 0.3) is 16.6 Å². The zero-order chi connectivity index (χ0) is 13.6. The van der Waals surface area contributed by atoms with Gasteiger partial charge in [0, 0.05) is 6.20 Å². The second-order valence-corrected chi connectivity index (χ2v) is 4.39. The Balaban J connectivity index is 2.46. The molecule has 94 valence electrons. The zero-order valence-electron chi connectivity index (χ0n) is 10.1. The molecule has 1 N–H and O–H groups in total. The van der Waals surface area contributed by atoms with Crippen LogP contribution >= 0.6 is 0 Å². The van der Waals surface area contributed by atoms with Gasteiger partial charge in [0.1, 0.15) is 5.65 Å². The average Bonchev–Trinajstić information content (AvgIpc) is 2.39. The Labute approximate surface area is 107 Å². The number of nitrogens with zero attached hydrogens (tertiary/aromatic N) is 2. The van der Waals surface area contributed by atoms with Gasteiger partial charge in [-0.05, 0) is 31.2 Å². The molecule has 0 radical (unpaired) electrons. The molecule has 0 amide bonds. The van der Waals surface area contributed by atoms with Crippen LogP contribution < -0.4 is 5.56 Å². The van der Waals surface area contributed by atoms with Crippen molar-refractivity contribution in [2.24, 2.45) is 0 Å². The number of pyridine rings is 1. The lowest BCUT2D eigenvalue weighted by atomic mass is 10.1. The largest absolute Gasteiger partial charge is 0.478 e. The van der Waals surface area contributed by atoms with Gasteiger partial charge >= 0.3 is 5.97 Å². The van der Waals surface area contributed by atoms with E-state index < -0.39 is 5.97 Å². The maximum Gasteiger partial charge on any atom is 0.335 e. The number of aryl methyl sites for hydroxylation is 1. The fourth-order valence-electron chi connectivity index (χ4n) is 2.05. The first-order valence-corrected chi connectivity index (χ1v) is 5.72. The summed E-state index contributed by atoms with van der Waals surface area (Å²) in [5.74, 6) is -1.04. The summed E-state index contributed by atoms with van der Waals surface area (Å²) in [6.45, 7) is 1.90. The number of carbonyl (C=O) groups is 1. The maximum atomic E-state index is 12.3. The Morgan fingerprint density at radius 1 is 1.26 bits per heavy atom. The predicted octanol–water partition coefficient (Wildman–Crippen LogP) is 1.85. The van der Waals surface area contributed by atoms with Gasteiger partial charge in [0.2, 0.25) is 0 Å². The summed E-state index contributed by atoms with van der Waals surface area (Å²) in [5, 5.41) is 9.48. The molecule has 2 heterocycles. The molecule has 3 rings (SSSR count). The first kappa shape index (κ1) is 11.4. The summed E-state index contributed by atoms with van der Waals surface area (Å²) >= 11 is 0. The summed E-state index contributed by atoms with van der Waals surface area (Å²) < 4.78 is 1.36. The summed E-state index contributed by atoms with van der Waals surface area (Å²) in [4.78, 5) is 27.5. The number of aromatic nitrogens is 2. The van der Waals surface area contributed by atoms with Crippen LogP contribution in [-0.2, 0) is 0 Å². The summed E-state index contributed by atoms with van der Waals surface area (Å²) in [6, 6.07) is 8.19. The van der Waals surface area contributed by atoms with Crippen molar-refractivity contribution < 1.29 is 9.90 Å². The number of carboxylic acids is 1. The van der Waals surface area contributed by atoms with Crippen LogP contribution in [0.15, 0.2) is 41.3 Å². The third kappa shape index (κ3) is 1.76. The van der Waals surface area contributed by atoms with Crippen molar-refractivity contribution in [3.05, 3.63) is 58.0 Å². The minimum absolute atomic E-state index is 0.110. The molecule has 19 heavy (non-hydrogen) atoms. The van der Waals surface area contributed by atoms with Crippen molar-refractivity contribution in [3.8, 4) is 0 Å². The van der Waals surface area contributed by atoms with Gasteiger partial charge in [0.25, 0.3) is 5.56 Å². The highest BCUT2D eigenvalue weighted by Crippen LogP contribution is 2.12.